The molecule has 5 rings (SSSR count). The predicted octanol–water partition coefficient (Wildman–Crippen LogP) is 6.59. The molecule has 0 saturated carbocycles. The highest BCUT2D eigenvalue weighted by Crippen LogP contribution is 2.31. The largest absolute Gasteiger partial charge is 0.461 e. The van der Waals surface area contributed by atoms with E-state index in [4.69, 9.17) is 4.74 Å². The second-order valence-electron chi connectivity index (χ2n) is 10.9. The van der Waals surface area contributed by atoms with Crippen molar-refractivity contribution in [2.75, 3.05) is 38.1 Å². The maximum Gasteiger partial charge on any atom is 0.276 e. The molecule has 12 heteroatoms. The van der Waals surface area contributed by atoms with Crippen molar-refractivity contribution in [1.82, 2.24) is 19.2 Å². The third-order valence-electron chi connectivity index (χ3n) is 7.81. The summed E-state index contributed by atoms with van der Waals surface area (Å²) < 4.78 is 66.6. The monoisotopic (exact) mass is 653 g/mol. The molecule has 4 aromatic rings. The number of ketones is 1. The number of Topliss-reactive ketones (excluding diaryl/α,β-unsaturated/α-hetero) is 1. The SMILES string of the molecule is C=Cc1cc(F)c(-c2c(CCC(=O)c3ccc(OC(C)F)cc3)c(=O)n(-c3nc(N4CCN(C)CC4)ccc3F)n2C)c(F)c1.CC. The third-order valence-corrected chi connectivity index (χ3v) is 7.81. The molecule has 0 N–H and O–H groups in total. The number of aromatic nitrogens is 3. The van der Waals surface area contributed by atoms with Crippen molar-refractivity contribution in [3.05, 3.63) is 99.6 Å². The second kappa shape index (κ2) is 15.3. The van der Waals surface area contributed by atoms with Gasteiger partial charge in [-0.3, -0.25) is 14.3 Å². The molecule has 3 heterocycles. The highest BCUT2D eigenvalue weighted by atomic mass is 19.1. The summed E-state index contributed by atoms with van der Waals surface area (Å²) in [7, 11) is 3.38. The third kappa shape index (κ3) is 7.65. The van der Waals surface area contributed by atoms with Gasteiger partial charge in [-0.1, -0.05) is 26.5 Å². The Bertz CT molecular complexity index is 1770. The van der Waals surface area contributed by atoms with Crippen molar-refractivity contribution >= 4 is 17.7 Å². The van der Waals surface area contributed by atoms with Crippen LogP contribution < -0.4 is 15.2 Å². The number of pyridine rings is 1. The molecule has 1 fully saturated rings. The summed E-state index contributed by atoms with van der Waals surface area (Å²) in [6, 6.07) is 10.7. The average Bonchev–Trinajstić information content (AvgIpc) is 3.29. The molecule has 0 radical (unpaired) electrons. The number of alkyl halides is 1. The zero-order chi connectivity index (χ0) is 34.4. The maximum atomic E-state index is 15.5. The first-order valence-corrected chi connectivity index (χ1v) is 15.5. The summed E-state index contributed by atoms with van der Waals surface area (Å²) in [4.78, 5) is 35.7. The smallest absolute Gasteiger partial charge is 0.276 e. The van der Waals surface area contributed by atoms with Crippen LogP contribution in [0.4, 0.5) is 23.4 Å². The van der Waals surface area contributed by atoms with Crippen LogP contribution in [0.3, 0.4) is 0 Å². The second-order valence-corrected chi connectivity index (χ2v) is 10.9. The van der Waals surface area contributed by atoms with Gasteiger partial charge in [0.1, 0.15) is 23.2 Å². The van der Waals surface area contributed by atoms with E-state index >= 15 is 13.2 Å². The van der Waals surface area contributed by atoms with Gasteiger partial charge in [0, 0.05) is 57.7 Å². The number of carbonyl (C=O) groups excluding carboxylic acids is 1. The van der Waals surface area contributed by atoms with E-state index in [2.05, 4.69) is 16.5 Å². The lowest BCUT2D eigenvalue weighted by atomic mass is 9.98. The molecule has 1 atom stereocenters. The molecule has 2 aromatic heterocycles. The molecule has 1 unspecified atom stereocenters. The summed E-state index contributed by atoms with van der Waals surface area (Å²) >= 11 is 0. The van der Waals surface area contributed by atoms with Crippen molar-refractivity contribution < 1.29 is 27.1 Å². The molecule has 47 heavy (non-hydrogen) atoms. The average molecular weight is 654 g/mol. The fourth-order valence-corrected chi connectivity index (χ4v) is 5.45. The number of rotatable bonds is 10. The summed E-state index contributed by atoms with van der Waals surface area (Å²) in [5.74, 6) is -2.74. The van der Waals surface area contributed by atoms with E-state index in [0.717, 1.165) is 29.9 Å². The Morgan fingerprint density at radius 3 is 2.17 bits per heavy atom. The Morgan fingerprint density at radius 2 is 1.60 bits per heavy atom. The first-order valence-electron chi connectivity index (χ1n) is 15.5. The standard InChI is InChI=1S/C33H33F4N5O3.C2H6/c1-5-21-18-26(36)30(27(37)19-21)31-24(10-12-28(43)22-6-8-23(9-7-22)45-20(2)34)33(44)42(40(31)4)32-25(35)11-13-29(38-32)41-16-14-39(3)15-17-41;1-2/h5-9,11,13,18-20H,1,10,12,14-17H2,2-4H3;1-2H3. The van der Waals surface area contributed by atoms with Crippen LogP contribution in [0, 0.1) is 17.5 Å². The molecule has 2 aromatic carbocycles. The van der Waals surface area contributed by atoms with Gasteiger partial charge >= 0.3 is 0 Å². The zero-order valence-electron chi connectivity index (χ0n) is 27.2. The highest BCUT2D eigenvalue weighted by Gasteiger charge is 2.28. The Balaban J connectivity index is 0.00000245. The topological polar surface area (TPSA) is 72.6 Å². The van der Waals surface area contributed by atoms with E-state index < -0.39 is 34.9 Å². The Kier molecular flexibility index (Phi) is 11.4. The van der Waals surface area contributed by atoms with E-state index in [9.17, 15) is 14.0 Å². The van der Waals surface area contributed by atoms with E-state index in [0.29, 0.717) is 18.9 Å². The maximum absolute atomic E-state index is 15.5. The lowest BCUT2D eigenvalue weighted by Gasteiger charge is -2.33. The zero-order valence-corrected chi connectivity index (χ0v) is 27.2. The van der Waals surface area contributed by atoms with Crippen LogP contribution in [0.15, 0.2) is 59.9 Å². The van der Waals surface area contributed by atoms with Crippen molar-refractivity contribution in [3.63, 3.8) is 0 Å². The lowest BCUT2D eigenvalue weighted by molar-refractivity contribution is 0.0860. The van der Waals surface area contributed by atoms with Gasteiger partial charge < -0.3 is 14.5 Å². The van der Waals surface area contributed by atoms with Crippen LogP contribution in [0.2, 0.25) is 0 Å². The molecule has 1 saturated heterocycles. The van der Waals surface area contributed by atoms with Gasteiger partial charge in [-0.05, 0) is 67.6 Å². The van der Waals surface area contributed by atoms with Crippen LogP contribution in [0.5, 0.6) is 5.75 Å². The van der Waals surface area contributed by atoms with Gasteiger partial charge in [-0.15, -0.1) is 0 Å². The number of piperazine rings is 1. The minimum absolute atomic E-state index is 0.0904. The van der Waals surface area contributed by atoms with Crippen molar-refractivity contribution in [1.29, 1.82) is 0 Å². The summed E-state index contributed by atoms with van der Waals surface area (Å²) in [6.07, 6.45) is -0.673. The van der Waals surface area contributed by atoms with Gasteiger partial charge in [0.25, 0.3) is 5.56 Å². The minimum Gasteiger partial charge on any atom is -0.461 e. The van der Waals surface area contributed by atoms with Gasteiger partial charge in [0.15, 0.2) is 17.4 Å². The molecule has 0 amide bonds. The van der Waals surface area contributed by atoms with Crippen molar-refractivity contribution in [2.24, 2.45) is 7.05 Å². The van der Waals surface area contributed by atoms with Gasteiger partial charge in [-0.2, -0.15) is 4.68 Å². The van der Waals surface area contributed by atoms with Crippen LogP contribution in [0.1, 0.15) is 48.7 Å². The molecule has 1 aliphatic heterocycles. The Labute approximate surface area is 271 Å². The fraction of sp³-hybridized carbons (Fsp3) is 0.343. The first-order chi connectivity index (χ1) is 22.5. The van der Waals surface area contributed by atoms with Crippen LogP contribution in [-0.2, 0) is 13.5 Å². The molecule has 0 spiro atoms. The highest BCUT2D eigenvalue weighted by molar-refractivity contribution is 5.96. The number of anilines is 1. The number of hydrogen-bond acceptors (Lipinski definition) is 6. The number of nitrogens with zero attached hydrogens (tertiary/aromatic N) is 5. The Hall–Kier alpha value is -4.71. The fourth-order valence-electron chi connectivity index (χ4n) is 5.45. The van der Waals surface area contributed by atoms with E-state index in [1.54, 1.807) is 0 Å². The number of likely N-dealkylation sites (N-methyl/N-ethyl adjacent to an activating group) is 1. The van der Waals surface area contributed by atoms with Gasteiger partial charge in [0.2, 0.25) is 6.36 Å². The molecule has 250 valence electrons. The number of carbonyl (C=O) groups is 1. The summed E-state index contributed by atoms with van der Waals surface area (Å²) in [6.45, 7) is 11.6. The molecular formula is C35H39F4N5O3. The molecule has 1 aliphatic rings. The normalized spacial score (nSPS) is 13.9. The van der Waals surface area contributed by atoms with Crippen LogP contribution in [-0.4, -0.2) is 64.6 Å². The molecule has 8 nitrogen and oxygen atoms in total. The van der Waals surface area contributed by atoms with Crippen LogP contribution in [0.25, 0.3) is 23.2 Å². The minimum atomic E-state index is -1.53. The van der Waals surface area contributed by atoms with Crippen LogP contribution >= 0.6 is 0 Å². The van der Waals surface area contributed by atoms with Gasteiger partial charge in [0.05, 0.1) is 11.3 Å². The van der Waals surface area contributed by atoms with E-state index in [1.165, 1.54) is 61.1 Å². The van der Waals surface area contributed by atoms with Crippen molar-refractivity contribution in [3.8, 4) is 22.8 Å². The quantitative estimate of drug-likeness (QED) is 0.142. The molecule has 0 bridgehead atoms. The molecule has 0 aliphatic carbocycles. The number of benzene rings is 2. The summed E-state index contributed by atoms with van der Waals surface area (Å²) in [5.41, 5.74) is -1.05. The van der Waals surface area contributed by atoms with Gasteiger partial charge in [-0.25, -0.2) is 22.5 Å². The first kappa shape index (κ1) is 35.1. The Morgan fingerprint density at radius 1 is 0.979 bits per heavy atom. The van der Waals surface area contributed by atoms with E-state index in [1.807, 2.05) is 25.8 Å². The number of hydrogen-bond donors (Lipinski definition) is 0. The molecular weight excluding hydrogens is 614 g/mol. The predicted molar refractivity (Wildman–Crippen MR) is 176 cm³/mol. The number of halogens is 4. The number of ether oxygens (including phenoxy) is 1. The lowest BCUT2D eigenvalue weighted by Crippen LogP contribution is -2.45. The van der Waals surface area contributed by atoms with E-state index in [-0.39, 0.29) is 52.6 Å². The van der Waals surface area contributed by atoms with Crippen molar-refractivity contribution in [2.45, 2.75) is 40.0 Å². The summed E-state index contributed by atoms with van der Waals surface area (Å²) in [5, 5.41) is 0.